The lowest BCUT2D eigenvalue weighted by Gasteiger charge is -2.43. The second kappa shape index (κ2) is 10.6. The van der Waals surface area contributed by atoms with Crippen LogP contribution in [0.1, 0.15) is 85.5 Å². The Morgan fingerprint density at radius 1 is 1.05 bits per heavy atom. The van der Waals surface area contributed by atoms with Crippen molar-refractivity contribution in [1.29, 1.82) is 0 Å². The SMILES string of the molecule is CCCCN(CC1(CNCCC)CCCCC1)C(C)CC. The Hall–Kier alpha value is -0.0800. The van der Waals surface area contributed by atoms with Gasteiger partial charge in [0.1, 0.15) is 0 Å². The van der Waals surface area contributed by atoms with E-state index in [2.05, 4.69) is 37.9 Å². The third-order valence-corrected chi connectivity index (χ3v) is 5.39. The van der Waals surface area contributed by atoms with Crippen molar-refractivity contribution in [1.82, 2.24) is 10.2 Å². The van der Waals surface area contributed by atoms with Crippen LogP contribution in [0.4, 0.5) is 0 Å². The third-order valence-electron chi connectivity index (χ3n) is 5.39. The summed E-state index contributed by atoms with van der Waals surface area (Å²) < 4.78 is 0. The Kier molecular flexibility index (Phi) is 9.59. The maximum Gasteiger partial charge on any atom is 0.00645 e. The van der Waals surface area contributed by atoms with Crippen LogP contribution in [0.25, 0.3) is 0 Å². The molecule has 1 unspecified atom stereocenters. The van der Waals surface area contributed by atoms with Crippen molar-refractivity contribution in [3.63, 3.8) is 0 Å². The fourth-order valence-electron chi connectivity index (χ4n) is 3.73. The first-order valence-electron chi connectivity index (χ1n) is 9.62. The highest BCUT2D eigenvalue weighted by molar-refractivity contribution is 4.89. The van der Waals surface area contributed by atoms with Gasteiger partial charge in [-0.1, -0.05) is 46.5 Å². The topological polar surface area (TPSA) is 15.3 Å². The fourth-order valence-corrected chi connectivity index (χ4v) is 3.73. The Balaban J connectivity index is 2.65. The fraction of sp³-hybridized carbons (Fsp3) is 1.00. The molecule has 0 aromatic carbocycles. The molecule has 1 fully saturated rings. The first-order valence-corrected chi connectivity index (χ1v) is 9.62. The molecule has 1 atom stereocenters. The lowest BCUT2D eigenvalue weighted by molar-refractivity contribution is 0.0765. The lowest BCUT2D eigenvalue weighted by Crippen LogP contribution is -2.48. The van der Waals surface area contributed by atoms with Gasteiger partial charge >= 0.3 is 0 Å². The molecule has 0 amide bonds. The van der Waals surface area contributed by atoms with Crippen molar-refractivity contribution in [3.05, 3.63) is 0 Å². The van der Waals surface area contributed by atoms with Gasteiger partial charge in [0.15, 0.2) is 0 Å². The zero-order chi connectivity index (χ0) is 15.6. The molecule has 1 rings (SSSR count). The molecule has 126 valence electrons. The molecule has 1 aliphatic carbocycles. The summed E-state index contributed by atoms with van der Waals surface area (Å²) in [6, 6.07) is 0.738. The summed E-state index contributed by atoms with van der Waals surface area (Å²) >= 11 is 0. The van der Waals surface area contributed by atoms with Crippen molar-refractivity contribution < 1.29 is 0 Å². The first kappa shape index (κ1) is 19.0. The van der Waals surface area contributed by atoms with Gasteiger partial charge in [0.25, 0.3) is 0 Å². The molecule has 0 aromatic heterocycles. The number of rotatable bonds is 11. The summed E-state index contributed by atoms with van der Waals surface area (Å²) in [5.74, 6) is 0. The molecule has 1 aliphatic rings. The van der Waals surface area contributed by atoms with Crippen LogP contribution in [0.2, 0.25) is 0 Å². The summed E-state index contributed by atoms with van der Waals surface area (Å²) in [5, 5.41) is 3.74. The lowest BCUT2D eigenvalue weighted by atomic mass is 9.73. The van der Waals surface area contributed by atoms with Gasteiger partial charge in [0.05, 0.1) is 0 Å². The molecule has 0 bridgehead atoms. The van der Waals surface area contributed by atoms with E-state index < -0.39 is 0 Å². The molecule has 0 aliphatic heterocycles. The summed E-state index contributed by atoms with van der Waals surface area (Å²) in [6.45, 7) is 14.4. The Morgan fingerprint density at radius 2 is 1.76 bits per heavy atom. The van der Waals surface area contributed by atoms with E-state index in [0.29, 0.717) is 5.41 Å². The molecule has 1 N–H and O–H groups in total. The van der Waals surface area contributed by atoms with Crippen LogP contribution in [0.15, 0.2) is 0 Å². The van der Waals surface area contributed by atoms with Crippen LogP contribution in [-0.2, 0) is 0 Å². The van der Waals surface area contributed by atoms with E-state index in [9.17, 15) is 0 Å². The van der Waals surface area contributed by atoms with Crippen LogP contribution < -0.4 is 5.32 Å². The van der Waals surface area contributed by atoms with Crippen LogP contribution in [-0.4, -0.2) is 37.1 Å². The molecule has 21 heavy (non-hydrogen) atoms. The smallest absolute Gasteiger partial charge is 0.00645 e. The van der Waals surface area contributed by atoms with E-state index >= 15 is 0 Å². The van der Waals surface area contributed by atoms with E-state index in [1.807, 2.05) is 0 Å². The normalized spacial score (nSPS) is 19.9. The minimum Gasteiger partial charge on any atom is -0.316 e. The quantitative estimate of drug-likeness (QED) is 0.549. The second-order valence-electron chi connectivity index (χ2n) is 7.32. The average molecular weight is 297 g/mol. The van der Waals surface area contributed by atoms with Crippen molar-refractivity contribution in [3.8, 4) is 0 Å². The maximum absolute atomic E-state index is 3.74. The van der Waals surface area contributed by atoms with Gasteiger partial charge < -0.3 is 10.2 Å². The minimum absolute atomic E-state index is 0.546. The van der Waals surface area contributed by atoms with Crippen molar-refractivity contribution in [2.24, 2.45) is 5.41 Å². The zero-order valence-electron chi connectivity index (χ0n) is 15.2. The molecule has 0 radical (unpaired) electrons. The van der Waals surface area contributed by atoms with Crippen molar-refractivity contribution in [2.45, 2.75) is 91.5 Å². The largest absolute Gasteiger partial charge is 0.316 e. The number of unbranched alkanes of at least 4 members (excludes halogenated alkanes) is 1. The van der Waals surface area contributed by atoms with Gasteiger partial charge in [-0.3, -0.25) is 0 Å². The Labute approximate surface area is 134 Å². The number of hydrogen-bond acceptors (Lipinski definition) is 2. The highest BCUT2D eigenvalue weighted by Gasteiger charge is 2.34. The molecule has 1 saturated carbocycles. The molecule has 0 aromatic rings. The van der Waals surface area contributed by atoms with Crippen molar-refractivity contribution >= 4 is 0 Å². The highest BCUT2D eigenvalue weighted by atomic mass is 15.2. The average Bonchev–Trinajstić information content (AvgIpc) is 2.52. The van der Waals surface area contributed by atoms with Gasteiger partial charge in [-0.25, -0.2) is 0 Å². The predicted octanol–water partition coefficient (Wildman–Crippen LogP) is 4.84. The van der Waals surface area contributed by atoms with E-state index in [0.717, 1.165) is 6.04 Å². The molecular formula is C19H40N2. The summed E-state index contributed by atoms with van der Waals surface area (Å²) in [4.78, 5) is 2.79. The summed E-state index contributed by atoms with van der Waals surface area (Å²) in [6.07, 6.45) is 12.4. The third kappa shape index (κ3) is 6.69. The molecule has 2 nitrogen and oxygen atoms in total. The monoisotopic (exact) mass is 296 g/mol. The highest BCUT2D eigenvalue weighted by Crippen LogP contribution is 2.37. The van der Waals surface area contributed by atoms with E-state index in [1.54, 1.807) is 0 Å². The summed E-state index contributed by atoms with van der Waals surface area (Å²) in [5.41, 5.74) is 0.546. The minimum atomic E-state index is 0.546. The second-order valence-corrected chi connectivity index (χ2v) is 7.32. The van der Waals surface area contributed by atoms with Crippen LogP contribution in [0.5, 0.6) is 0 Å². The Bertz CT molecular complexity index is 246. The van der Waals surface area contributed by atoms with Gasteiger partial charge in [-0.2, -0.15) is 0 Å². The molecule has 2 heteroatoms. The molecule has 0 spiro atoms. The van der Waals surface area contributed by atoms with E-state index in [4.69, 9.17) is 0 Å². The Morgan fingerprint density at radius 3 is 2.33 bits per heavy atom. The van der Waals surface area contributed by atoms with Crippen molar-refractivity contribution in [2.75, 3.05) is 26.2 Å². The first-order chi connectivity index (χ1) is 10.2. The standard InChI is InChI=1S/C19H40N2/c1-5-8-15-21(18(4)7-3)17-19(16-20-14-6-2)12-10-9-11-13-19/h18,20H,5-17H2,1-4H3. The zero-order valence-corrected chi connectivity index (χ0v) is 15.2. The predicted molar refractivity (Wildman–Crippen MR) is 94.9 cm³/mol. The number of nitrogens with one attached hydrogen (secondary N) is 1. The van der Waals surface area contributed by atoms with Gasteiger partial charge in [-0.15, -0.1) is 0 Å². The number of hydrogen-bond donors (Lipinski definition) is 1. The van der Waals surface area contributed by atoms with Gasteiger partial charge in [0, 0.05) is 19.1 Å². The molecule has 0 heterocycles. The van der Waals surface area contributed by atoms with Crippen LogP contribution >= 0.6 is 0 Å². The van der Waals surface area contributed by atoms with E-state index in [-0.39, 0.29) is 0 Å². The maximum atomic E-state index is 3.74. The van der Waals surface area contributed by atoms with Gasteiger partial charge in [-0.05, 0) is 57.5 Å². The van der Waals surface area contributed by atoms with Gasteiger partial charge in [0.2, 0.25) is 0 Å². The van der Waals surface area contributed by atoms with E-state index in [1.165, 1.54) is 84.0 Å². The molecule has 0 saturated heterocycles. The number of nitrogens with zero attached hydrogens (tertiary/aromatic N) is 1. The van der Waals surface area contributed by atoms with Crippen LogP contribution in [0.3, 0.4) is 0 Å². The van der Waals surface area contributed by atoms with Crippen LogP contribution in [0, 0.1) is 5.41 Å². The summed E-state index contributed by atoms with van der Waals surface area (Å²) in [7, 11) is 0. The molecular weight excluding hydrogens is 256 g/mol.